The van der Waals surface area contributed by atoms with Crippen LogP contribution in [0, 0.1) is 5.92 Å². The Bertz CT molecular complexity index is 662. The van der Waals surface area contributed by atoms with Crippen LogP contribution in [0.2, 0.25) is 0 Å². The van der Waals surface area contributed by atoms with Gasteiger partial charge in [0.25, 0.3) is 5.91 Å². The summed E-state index contributed by atoms with van der Waals surface area (Å²) in [6.45, 7) is 11.1. The van der Waals surface area contributed by atoms with E-state index < -0.39 is 29.8 Å². The highest BCUT2D eigenvalue weighted by Crippen LogP contribution is 2.27. The van der Waals surface area contributed by atoms with Gasteiger partial charge in [-0.15, -0.1) is 6.58 Å². The van der Waals surface area contributed by atoms with Crippen LogP contribution in [0.25, 0.3) is 0 Å². The molecule has 0 saturated heterocycles. The molecule has 0 bridgehead atoms. The van der Waals surface area contributed by atoms with E-state index in [9.17, 15) is 14.7 Å². The second-order valence-corrected chi connectivity index (χ2v) is 6.38. The van der Waals surface area contributed by atoms with Crippen molar-refractivity contribution in [2.24, 2.45) is 5.92 Å². The molecule has 0 spiro atoms. The Hall–Kier alpha value is -2.61. The Labute approximate surface area is 159 Å². The molecule has 0 aliphatic carbocycles. The summed E-state index contributed by atoms with van der Waals surface area (Å²) in [7, 11) is 1.36. The molecule has 0 fully saturated rings. The standard InChI is InChI=1S/C19H28N2O6/c1-7-10-26-13(5)17(11(2)3)27-19(24)12(4)21-18(23)15-16(22)14(25-6)8-9-20-15/h7-9,11-13,17,22H,1,10H2,2-6H3,(H,21,23)/t12-,13-,17+/m0/s1. The molecule has 0 saturated carbocycles. The SMILES string of the molecule is C=CCO[C@@H](C)[C@H](OC(=O)[C@H](C)NC(=O)c1nccc(OC)c1O)C(C)C. The first-order valence-corrected chi connectivity index (χ1v) is 8.68. The molecule has 0 unspecified atom stereocenters. The van der Waals surface area contributed by atoms with Crippen molar-refractivity contribution in [3.05, 3.63) is 30.6 Å². The van der Waals surface area contributed by atoms with Crippen molar-refractivity contribution in [1.29, 1.82) is 0 Å². The third-order valence-electron chi connectivity index (χ3n) is 3.87. The van der Waals surface area contributed by atoms with Crippen LogP contribution in [0.15, 0.2) is 24.9 Å². The molecule has 1 heterocycles. The molecule has 2 N–H and O–H groups in total. The largest absolute Gasteiger partial charge is 0.503 e. The molecule has 27 heavy (non-hydrogen) atoms. The third-order valence-corrected chi connectivity index (χ3v) is 3.87. The summed E-state index contributed by atoms with van der Waals surface area (Å²) in [5.74, 6) is -1.60. The predicted molar refractivity (Wildman–Crippen MR) is 99.7 cm³/mol. The van der Waals surface area contributed by atoms with Crippen LogP contribution in [-0.2, 0) is 14.3 Å². The number of amides is 1. The number of nitrogens with one attached hydrogen (secondary N) is 1. The van der Waals surface area contributed by atoms with E-state index in [4.69, 9.17) is 14.2 Å². The van der Waals surface area contributed by atoms with Crippen molar-refractivity contribution in [1.82, 2.24) is 10.3 Å². The van der Waals surface area contributed by atoms with Crippen molar-refractivity contribution < 1.29 is 28.9 Å². The Kier molecular flexibility index (Phi) is 8.74. The lowest BCUT2D eigenvalue weighted by molar-refractivity contribution is -0.162. The molecular formula is C19H28N2O6. The summed E-state index contributed by atoms with van der Waals surface area (Å²) >= 11 is 0. The van der Waals surface area contributed by atoms with E-state index in [0.717, 1.165) is 0 Å². The van der Waals surface area contributed by atoms with E-state index in [0.29, 0.717) is 6.61 Å². The normalized spacial score (nSPS) is 14.1. The maximum atomic E-state index is 12.4. The number of hydrogen-bond acceptors (Lipinski definition) is 7. The summed E-state index contributed by atoms with van der Waals surface area (Å²) in [5, 5.41) is 12.5. The van der Waals surface area contributed by atoms with Crippen LogP contribution >= 0.6 is 0 Å². The zero-order valence-corrected chi connectivity index (χ0v) is 16.4. The van der Waals surface area contributed by atoms with Crippen LogP contribution in [0.5, 0.6) is 11.5 Å². The van der Waals surface area contributed by atoms with Crippen LogP contribution in [0.3, 0.4) is 0 Å². The highest BCUT2D eigenvalue weighted by Gasteiger charge is 2.29. The van der Waals surface area contributed by atoms with Gasteiger partial charge >= 0.3 is 5.97 Å². The van der Waals surface area contributed by atoms with Crippen LogP contribution in [-0.4, -0.2) is 53.9 Å². The summed E-state index contributed by atoms with van der Waals surface area (Å²) in [4.78, 5) is 28.5. The molecule has 8 nitrogen and oxygen atoms in total. The second-order valence-electron chi connectivity index (χ2n) is 6.38. The highest BCUT2D eigenvalue weighted by molar-refractivity contribution is 5.97. The van der Waals surface area contributed by atoms with Gasteiger partial charge in [-0.2, -0.15) is 0 Å². The van der Waals surface area contributed by atoms with Gasteiger partial charge in [0.15, 0.2) is 17.2 Å². The number of ether oxygens (including phenoxy) is 3. The summed E-state index contributed by atoms with van der Waals surface area (Å²) in [6.07, 6.45) is 2.12. The van der Waals surface area contributed by atoms with Gasteiger partial charge < -0.3 is 24.6 Å². The van der Waals surface area contributed by atoms with Gasteiger partial charge in [-0.1, -0.05) is 19.9 Å². The monoisotopic (exact) mass is 380 g/mol. The molecule has 1 aromatic heterocycles. The van der Waals surface area contributed by atoms with E-state index >= 15 is 0 Å². The Balaban J connectivity index is 2.77. The molecule has 8 heteroatoms. The van der Waals surface area contributed by atoms with Gasteiger partial charge in [-0.05, 0) is 19.8 Å². The van der Waals surface area contributed by atoms with Crippen LogP contribution in [0.4, 0.5) is 0 Å². The molecule has 0 radical (unpaired) electrons. The average Bonchev–Trinajstić information content (AvgIpc) is 2.63. The van der Waals surface area contributed by atoms with Crippen molar-refractivity contribution >= 4 is 11.9 Å². The third kappa shape index (κ3) is 6.25. The summed E-state index contributed by atoms with van der Waals surface area (Å²) in [5.41, 5.74) is -0.239. The first kappa shape index (κ1) is 22.4. The molecule has 0 aromatic carbocycles. The van der Waals surface area contributed by atoms with Crippen molar-refractivity contribution in [2.45, 2.75) is 45.9 Å². The van der Waals surface area contributed by atoms with Crippen LogP contribution in [0.1, 0.15) is 38.2 Å². The van der Waals surface area contributed by atoms with E-state index in [1.807, 2.05) is 20.8 Å². The lowest BCUT2D eigenvalue weighted by atomic mass is 10.0. The van der Waals surface area contributed by atoms with Gasteiger partial charge in [0.1, 0.15) is 12.1 Å². The van der Waals surface area contributed by atoms with Gasteiger partial charge in [-0.25, -0.2) is 9.78 Å². The topological polar surface area (TPSA) is 107 Å². The van der Waals surface area contributed by atoms with E-state index in [-0.39, 0.29) is 23.5 Å². The van der Waals surface area contributed by atoms with E-state index in [2.05, 4.69) is 16.9 Å². The zero-order valence-electron chi connectivity index (χ0n) is 16.4. The molecule has 1 aromatic rings. The first-order chi connectivity index (χ1) is 12.7. The molecule has 0 aliphatic rings. The fourth-order valence-electron chi connectivity index (χ4n) is 2.42. The molecular weight excluding hydrogens is 352 g/mol. The molecule has 0 aliphatic heterocycles. The minimum atomic E-state index is -0.947. The Morgan fingerprint density at radius 1 is 1.33 bits per heavy atom. The Morgan fingerprint density at radius 3 is 2.56 bits per heavy atom. The summed E-state index contributed by atoms with van der Waals surface area (Å²) in [6, 6.07) is 0.472. The highest BCUT2D eigenvalue weighted by atomic mass is 16.6. The van der Waals surface area contributed by atoms with Crippen molar-refractivity contribution in [3.8, 4) is 11.5 Å². The minimum absolute atomic E-state index is 0.0146. The van der Waals surface area contributed by atoms with Crippen molar-refractivity contribution in [2.75, 3.05) is 13.7 Å². The Morgan fingerprint density at radius 2 is 2.00 bits per heavy atom. The zero-order chi connectivity index (χ0) is 20.6. The number of hydrogen-bond donors (Lipinski definition) is 2. The number of pyridine rings is 1. The average molecular weight is 380 g/mol. The lowest BCUT2D eigenvalue weighted by Gasteiger charge is -2.28. The van der Waals surface area contributed by atoms with E-state index in [1.165, 1.54) is 26.3 Å². The number of nitrogens with zero attached hydrogens (tertiary/aromatic N) is 1. The quantitative estimate of drug-likeness (QED) is 0.473. The predicted octanol–water partition coefficient (Wildman–Crippen LogP) is 2.07. The van der Waals surface area contributed by atoms with Crippen molar-refractivity contribution in [3.63, 3.8) is 0 Å². The van der Waals surface area contributed by atoms with Gasteiger partial charge in [0.2, 0.25) is 0 Å². The fourth-order valence-corrected chi connectivity index (χ4v) is 2.42. The minimum Gasteiger partial charge on any atom is -0.503 e. The second kappa shape index (κ2) is 10.5. The maximum Gasteiger partial charge on any atom is 0.328 e. The first-order valence-electron chi connectivity index (χ1n) is 8.68. The summed E-state index contributed by atoms with van der Waals surface area (Å²) < 4.78 is 16.0. The molecule has 3 atom stereocenters. The number of methoxy groups -OCH3 is 1. The van der Waals surface area contributed by atoms with Gasteiger partial charge in [0, 0.05) is 12.3 Å². The fraction of sp³-hybridized carbons (Fsp3) is 0.526. The van der Waals surface area contributed by atoms with Gasteiger partial charge in [-0.3, -0.25) is 4.79 Å². The molecule has 1 amide bonds. The number of aromatic hydroxyl groups is 1. The van der Waals surface area contributed by atoms with Gasteiger partial charge in [0.05, 0.1) is 19.8 Å². The molecule has 1 rings (SSSR count). The number of esters is 1. The number of rotatable bonds is 10. The number of carbonyl (C=O) groups is 2. The van der Waals surface area contributed by atoms with E-state index in [1.54, 1.807) is 6.08 Å². The number of carbonyl (C=O) groups excluding carboxylic acids is 2. The smallest absolute Gasteiger partial charge is 0.328 e. The number of aromatic nitrogens is 1. The maximum absolute atomic E-state index is 12.4. The lowest BCUT2D eigenvalue weighted by Crippen LogP contribution is -2.44. The molecule has 150 valence electrons. The van der Waals surface area contributed by atoms with Crippen LogP contribution < -0.4 is 10.1 Å².